The number of fused-ring (bicyclic) bond motifs is 1. The van der Waals surface area contributed by atoms with Crippen molar-refractivity contribution in [2.45, 2.75) is 92.1 Å². The second-order valence-electron chi connectivity index (χ2n) is 9.02. The molecule has 0 saturated heterocycles. The minimum atomic E-state index is -0.479. The molecule has 2 aliphatic rings. The molecule has 0 aromatic heterocycles. The maximum Gasteiger partial charge on any atom is 0.0653 e. The number of allylic oxidation sites excluding steroid dienone is 2. The Hall–Kier alpha value is -0.300. The molecule has 0 amide bonds. The fraction of sp³-hybridized carbons (Fsp3) is 0.900. The summed E-state index contributed by atoms with van der Waals surface area (Å²) in [6, 6.07) is 0. The number of hydrogen-bond donors (Lipinski definition) is 1. The average Bonchev–Trinajstić information content (AvgIpc) is 2.35. The second-order valence-corrected chi connectivity index (χ2v) is 9.02. The topological polar surface area (TPSA) is 20.2 Å². The molecule has 1 nitrogen and oxygen atoms in total. The molecule has 0 bridgehead atoms. The van der Waals surface area contributed by atoms with E-state index in [1.54, 1.807) is 0 Å². The first kappa shape index (κ1) is 17.1. The zero-order valence-electron chi connectivity index (χ0n) is 15.1. The Kier molecular flexibility index (Phi) is 4.65. The average molecular weight is 293 g/mol. The first-order chi connectivity index (χ1) is 9.63. The normalized spacial score (nSPS) is 43.5. The van der Waals surface area contributed by atoms with Crippen molar-refractivity contribution in [1.82, 2.24) is 0 Å². The number of aliphatic hydroxyl groups is 1. The van der Waals surface area contributed by atoms with Gasteiger partial charge in [0, 0.05) is 0 Å². The van der Waals surface area contributed by atoms with Gasteiger partial charge in [-0.3, -0.25) is 0 Å². The highest BCUT2D eigenvalue weighted by Crippen LogP contribution is 2.62. The third-order valence-corrected chi connectivity index (χ3v) is 7.08. The Morgan fingerprint density at radius 2 is 1.81 bits per heavy atom. The van der Waals surface area contributed by atoms with Crippen LogP contribution in [0, 0.1) is 22.7 Å². The van der Waals surface area contributed by atoms with Crippen molar-refractivity contribution in [2.75, 3.05) is 0 Å². The number of hydrogen-bond acceptors (Lipinski definition) is 1. The van der Waals surface area contributed by atoms with Gasteiger partial charge in [0.2, 0.25) is 0 Å². The lowest BCUT2D eigenvalue weighted by molar-refractivity contribution is -0.168. The van der Waals surface area contributed by atoms with E-state index in [-0.39, 0.29) is 0 Å². The molecule has 2 aliphatic carbocycles. The van der Waals surface area contributed by atoms with Crippen LogP contribution in [0.2, 0.25) is 0 Å². The molecular weight excluding hydrogens is 256 g/mol. The summed E-state index contributed by atoms with van der Waals surface area (Å²) in [5.41, 5.74) is 1.74. The van der Waals surface area contributed by atoms with Crippen molar-refractivity contribution >= 4 is 0 Å². The summed E-state index contributed by atoms with van der Waals surface area (Å²) in [7, 11) is 0. The van der Waals surface area contributed by atoms with Crippen LogP contribution in [0.1, 0.15) is 86.5 Å². The number of rotatable bonds is 3. The van der Waals surface area contributed by atoms with E-state index in [2.05, 4.69) is 47.6 Å². The summed E-state index contributed by atoms with van der Waals surface area (Å²) in [6.45, 7) is 13.9. The van der Waals surface area contributed by atoms with Crippen LogP contribution in [-0.2, 0) is 0 Å². The summed E-state index contributed by atoms with van der Waals surface area (Å²) >= 11 is 0. The van der Waals surface area contributed by atoms with Gasteiger partial charge >= 0.3 is 0 Å². The Labute approximate surface area is 132 Å². The van der Waals surface area contributed by atoms with E-state index >= 15 is 0 Å². The van der Waals surface area contributed by atoms with Gasteiger partial charge in [-0.15, -0.1) is 0 Å². The molecule has 0 radical (unpaired) electrons. The third kappa shape index (κ3) is 3.09. The van der Waals surface area contributed by atoms with Gasteiger partial charge in [0.1, 0.15) is 0 Å². The Bertz CT molecular complexity index is 404. The van der Waals surface area contributed by atoms with Gasteiger partial charge in [0.05, 0.1) is 5.60 Å². The third-order valence-electron chi connectivity index (χ3n) is 7.08. The van der Waals surface area contributed by atoms with Gasteiger partial charge in [-0.05, 0) is 82.0 Å². The highest BCUT2D eigenvalue weighted by molar-refractivity contribution is 5.08. The first-order valence-corrected chi connectivity index (χ1v) is 8.98. The van der Waals surface area contributed by atoms with Gasteiger partial charge in [-0.2, -0.15) is 0 Å². The van der Waals surface area contributed by atoms with Crippen molar-refractivity contribution in [2.24, 2.45) is 22.7 Å². The molecule has 0 spiro atoms. The lowest BCUT2D eigenvalue weighted by Gasteiger charge is -2.61. The molecule has 2 saturated carbocycles. The predicted molar refractivity (Wildman–Crippen MR) is 91.2 cm³/mol. The van der Waals surface area contributed by atoms with E-state index < -0.39 is 5.60 Å². The van der Waals surface area contributed by atoms with E-state index in [9.17, 15) is 5.11 Å². The van der Waals surface area contributed by atoms with Crippen molar-refractivity contribution in [3.05, 3.63) is 11.6 Å². The van der Waals surface area contributed by atoms with Crippen molar-refractivity contribution in [3.8, 4) is 0 Å². The molecule has 0 aliphatic heterocycles. The van der Waals surface area contributed by atoms with Crippen molar-refractivity contribution < 1.29 is 5.11 Å². The fourth-order valence-corrected chi connectivity index (χ4v) is 5.78. The molecule has 4 atom stereocenters. The van der Waals surface area contributed by atoms with E-state index in [1.807, 2.05) is 0 Å². The molecular formula is C20H36O. The SMILES string of the molecule is C/C=C(/C)CC[C@H]1C(C)(O)CCC2C(C)(C)CCC[C@@]21C. The van der Waals surface area contributed by atoms with Crippen LogP contribution >= 0.6 is 0 Å². The molecule has 122 valence electrons. The lowest BCUT2D eigenvalue weighted by atomic mass is 9.45. The molecule has 0 aromatic rings. The summed E-state index contributed by atoms with van der Waals surface area (Å²) in [6.07, 6.45) is 10.7. The summed E-state index contributed by atoms with van der Waals surface area (Å²) in [5.74, 6) is 1.22. The van der Waals surface area contributed by atoms with Crippen LogP contribution in [0.15, 0.2) is 11.6 Å². The Morgan fingerprint density at radius 3 is 2.43 bits per heavy atom. The van der Waals surface area contributed by atoms with Crippen LogP contribution in [0.4, 0.5) is 0 Å². The van der Waals surface area contributed by atoms with Crippen molar-refractivity contribution in [1.29, 1.82) is 0 Å². The van der Waals surface area contributed by atoms with Gasteiger partial charge in [-0.25, -0.2) is 0 Å². The van der Waals surface area contributed by atoms with Crippen LogP contribution in [0.25, 0.3) is 0 Å². The standard InChI is InChI=1S/C20H36O/c1-7-15(2)9-10-17-19(5)13-8-12-18(3,4)16(19)11-14-20(17,6)21/h7,16-17,21H,8-14H2,1-6H3/b15-7-/t16?,17-,19+,20?/m1/s1. The zero-order valence-corrected chi connectivity index (χ0v) is 15.1. The fourth-order valence-electron chi connectivity index (χ4n) is 5.78. The molecule has 1 N–H and O–H groups in total. The second kappa shape index (κ2) is 5.72. The molecule has 0 heterocycles. The Morgan fingerprint density at radius 1 is 1.14 bits per heavy atom. The molecule has 21 heavy (non-hydrogen) atoms. The van der Waals surface area contributed by atoms with Gasteiger partial charge in [0.15, 0.2) is 0 Å². The van der Waals surface area contributed by atoms with Crippen LogP contribution in [0.5, 0.6) is 0 Å². The van der Waals surface area contributed by atoms with E-state index in [1.165, 1.54) is 31.3 Å². The van der Waals surface area contributed by atoms with Gasteiger partial charge < -0.3 is 5.11 Å². The predicted octanol–water partition coefficient (Wildman–Crippen LogP) is 5.73. The molecule has 2 fully saturated rings. The zero-order chi connectivity index (χ0) is 15.9. The lowest BCUT2D eigenvalue weighted by Crippen LogP contribution is -2.57. The van der Waals surface area contributed by atoms with E-state index in [4.69, 9.17) is 0 Å². The summed E-state index contributed by atoms with van der Waals surface area (Å²) < 4.78 is 0. The molecule has 0 aromatic carbocycles. The molecule has 2 rings (SSSR count). The quantitative estimate of drug-likeness (QED) is 0.659. The molecule has 2 unspecified atom stereocenters. The van der Waals surface area contributed by atoms with Crippen LogP contribution < -0.4 is 0 Å². The van der Waals surface area contributed by atoms with Gasteiger partial charge in [-0.1, -0.05) is 38.8 Å². The summed E-state index contributed by atoms with van der Waals surface area (Å²) in [5, 5.41) is 11.1. The minimum absolute atomic E-state index is 0.317. The first-order valence-electron chi connectivity index (χ1n) is 8.98. The van der Waals surface area contributed by atoms with E-state index in [0.29, 0.717) is 16.7 Å². The maximum atomic E-state index is 11.1. The smallest absolute Gasteiger partial charge is 0.0653 e. The maximum absolute atomic E-state index is 11.1. The van der Waals surface area contributed by atoms with Gasteiger partial charge in [0.25, 0.3) is 0 Å². The highest BCUT2D eigenvalue weighted by Gasteiger charge is 2.57. The largest absolute Gasteiger partial charge is 0.390 e. The Balaban J connectivity index is 2.28. The monoisotopic (exact) mass is 292 g/mol. The highest BCUT2D eigenvalue weighted by atomic mass is 16.3. The van der Waals surface area contributed by atoms with E-state index in [0.717, 1.165) is 25.2 Å². The van der Waals surface area contributed by atoms with Crippen LogP contribution in [-0.4, -0.2) is 10.7 Å². The minimum Gasteiger partial charge on any atom is -0.390 e. The van der Waals surface area contributed by atoms with Crippen LogP contribution in [0.3, 0.4) is 0 Å². The summed E-state index contributed by atoms with van der Waals surface area (Å²) in [4.78, 5) is 0. The van der Waals surface area contributed by atoms with Crippen molar-refractivity contribution in [3.63, 3.8) is 0 Å². The molecule has 1 heteroatoms.